The molecule has 1 aromatic carbocycles. The Morgan fingerprint density at radius 3 is 2.82 bits per heavy atom. The highest BCUT2D eigenvalue weighted by Gasteiger charge is 2.19. The first-order valence-corrected chi connectivity index (χ1v) is 8.58. The molecule has 2 heterocycles. The maximum absolute atomic E-state index is 12.0. The number of nitrogens with one attached hydrogen (secondary N) is 1. The van der Waals surface area contributed by atoms with E-state index in [4.69, 9.17) is 4.74 Å². The first kappa shape index (κ1) is 14.7. The first-order chi connectivity index (χ1) is 10.5. The number of hydrogen-bond donors (Lipinski definition) is 1. The summed E-state index contributed by atoms with van der Waals surface area (Å²) in [6.45, 7) is 1.06. The number of aromatic amines is 1. The van der Waals surface area contributed by atoms with E-state index in [2.05, 4.69) is 15.0 Å². The number of fused-ring (bicyclic) bond motifs is 1. The number of nitrogens with zero attached hydrogens (tertiary/aromatic N) is 3. The molecule has 0 radical (unpaired) electrons. The number of methoxy groups -OCH3 is 1. The highest BCUT2D eigenvalue weighted by molar-refractivity contribution is 7.91. The van der Waals surface area contributed by atoms with Crippen LogP contribution < -0.4 is 0 Å². The molecule has 7 nitrogen and oxygen atoms in total. The van der Waals surface area contributed by atoms with Crippen LogP contribution in [0.5, 0.6) is 0 Å². The average Bonchev–Trinajstić information content (AvgIpc) is 3.10. The minimum Gasteiger partial charge on any atom is -0.383 e. The number of imidazole rings is 2. The molecule has 116 valence electrons. The van der Waals surface area contributed by atoms with Crippen LogP contribution in [0.25, 0.3) is 22.6 Å². The maximum Gasteiger partial charge on any atom is 0.177 e. The van der Waals surface area contributed by atoms with Gasteiger partial charge in [0.05, 0.1) is 29.5 Å². The van der Waals surface area contributed by atoms with Gasteiger partial charge in [0.2, 0.25) is 0 Å². The van der Waals surface area contributed by atoms with Gasteiger partial charge in [-0.3, -0.25) is 0 Å². The predicted molar refractivity (Wildman–Crippen MR) is 82.3 cm³/mol. The molecule has 0 atom stereocenters. The largest absolute Gasteiger partial charge is 0.383 e. The number of ether oxygens (including phenoxy) is 1. The summed E-state index contributed by atoms with van der Waals surface area (Å²) in [6, 6.07) is 5.15. The summed E-state index contributed by atoms with van der Waals surface area (Å²) >= 11 is 0. The Morgan fingerprint density at radius 2 is 2.18 bits per heavy atom. The quantitative estimate of drug-likeness (QED) is 0.769. The minimum atomic E-state index is -3.36. The molecule has 0 bridgehead atoms. The summed E-state index contributed by atoms with van der Waals surface area (Å²) in [6.07, 6.45) is 4.41. The summed E-state index contributed by atoms with van der Waals surface area (Å²) in [7, 11) is -1.73. The highest BCUT2D eigenvalue weighted by Crippen LogP contribution is 2.27. The molecule has 0 aliphatic carbocycles. The molecular weight excluding hydrogens is 304 g/mol. The zero-order valence-electron chi connectivity index (χ0n) is 12.3. The number of H-pyrrole nitrogens is 1. The van der Waals surface area contributed by atoms with Crippen molar-refractivity contribution >= 4 is 20.9 Å². The summed E-state index contributed by atoms with van der Waals surface area (Å²) in [5, 5.41) is 0. The number of sulfone groups is 1. The molecule has 3 aromatic rings. The van der Waals surface area contributed by atoms with Gasteiger partial charge in [0.1, 0.15) is 11.2 Å². The second-order valence-electron chi connectivity index (χ2n) is 4.94. The van der Waals surface area contributed by atoms with Crippen LogP contribution in [0.15, 0.2) is 35.6 Å². The fraction of sp³-hybridized carbons (Fsp3) is 0.286. The lowest BCUT2D eigenvalue weighted by Gasteiger charge is -2.07. The molecule has 0 aliphatic heterocycles. The molecule has 2 aromatic heterocycles. The topological polar surface area (TPSA) is 89.9 Å². The van der Waals surface area contributed by atoms with Crippen LogP contribution in [0, 0.1) is 0 Å². The molecule has 8 heteroatoms. The Bertz CT molecular complexity index is 898. The Labute approximate surface area is 127 Å². The first-order valence-electron chi connectivity index (χ1n) is 6.69. The van der Waals surface area contributed by atoms with Crippen molar-refractivity contribution in [2.45, 2.75) is 11.4 Å². The number of rotatable bonds is 5. The molecule has 0 saturated carbocycles. The van der Waals surface area contributed by atoms with Gasteiger partial charge in [-0.2, -0.15) is 0 Å². The van der Waals surface area contributed by atoms with Crippen LogP contribution >= 0.6 is 0 Å². The maximum atomic E-state index is 12.0. The zero-order valence-corrected chi connectivity index (χ0v) is 13.1. The summed E-state index contributed by atoms with van der Waals surface area (Å²) < 4.78 is 31.0. The van der Waals surface area contributed by atoms with Crippen molar-refractivity contribution < 1.29 is 13.2 Å². The molecule has 1 N–H and O–H groups in total. The second-order valence-corrected chi connectivity index (χ2v) is 6.93. The van der Waals surface area contributed by atoms with Gasteiger partial charge in [-0.25, -0.2) is 18.4 Å². The van der Waals surface area contributed by atoms with Crippen molar-refractivity contribution in [2.24, 2.45) is 0 Å². The monoisotopic (exact) mass is 320 g/mol. The van der Waals surface area contributed by atoms with E-state index in [1.807, 2.05) is 10.6 Å². The molecular formula is C14H16N4O3S. The number of aromatic nitrogens is 4. The van der Waals surface area contributed by atoms with Gasteiger partial charge in [-0.15, -0.1) is 0 Å². The van der Waals surface area contributed by atoms with E-state index in [1.54, 1.807) is 31.8 Å². The van der Waals surface area contributed by atoms with Crippen LogP contribution in [0.3, 0.4) is 0 Å². The predicted octanol–water partition coefficient (Wildman–Crippen LogP) is 1.48. The smallest absolute Gasteiger partial charge is 0.177 e. The van der Waals surface area contributed by atoms with E-state index in [0.29, 0.717) is 24.5 Å². The Morgan fingerprint density at radius 1 is 1.36 bits per heavy atom. The van der Waals surface area contributed by atoms with Gasteiger partial charge in [0.15, 0.2) is 15.7 Å². The molecule has 0 saturated heterocycles. The van der Waals surface area contributed by atoms with Crippen molar-refractivity contribution in [3.8, 4) is 11.5 Å². The lowest BCUT2D eigenvalue weighted by Crippen LogP contribution is -2.06. The number of para-hydroxylation sites is 1. The van der Waals surface area contributed by atoms with Crippen LogP contribution in [-0.2, 0) is 21.1 Å². The Kier molecular flexibility index (Phi) is 3.71. The van der Waals surface area contributed by atoms with Crippen LogP contribution in [0.4, 0.5) is 0 Å². The highest BCUT2D eigenvalue weighted by atomic mass is 32.2. The van der Waals surface area contributed by atoms with Gasteiger partial charge in [0, 0.05) is 19.9 Å². The molecule has 3 rings (SSSR count). The van der Waals surface area contributed by atoms with Crippen LogP contribution in [0.2, 0.25) is 0 Å². The van der Waals surface area contributed by atoms with Crippen molar-refractivity contribution in [3.05, 3.63) is 30.7 Å². The van der Waals surface area contributed by atoms with E-state index < -0.39 is 9.84 Å². The van der Waals surface area contributed by atoms with Gasteiger partial charge < -0.3 is 14.3 Å². The van der Waals surface area contributed by atoms with Crippen molar-refractivity contribution in [2.75, 3.05) is 20.0 Å². The number of benzene rings is 1. The standard InChI is InChI=1S/C14H16N4O3S/c1-21-7-6-18-11-4-3-5-12(22(2,19)20)13(11)17-14(18)10-8-15-9-16-10/h3-5,8-9H,6-7H2,1-2H3,(H,15,16). The van der Waals surface area contributed by atoms with Gasteiger partial charge in [0.25, 0.3) is 0 Å². The number of hydrogen-bond acceptors (Lipinski definition) is 5. The lowest BCUT2D eigenvalue weighted by atomic mass is 10.3. The fourth-order valence-electron chi connectivity index (χ4n) is 2.41. The SMILES string of the molecule is COCCn1c(-c2cnc[nH]2)nc2c(S(C)(=O)=O)cccc21. The third kappa shape index (κ3) is 2.51. The normalized spacial score (nSPS) is 12.1. The third-order valence-electron chi connectivity index (χ3n) is 3.40. The molecule has 0 spiro atoms. The van der Waals surface area contributed by atoms with Gasteiger partial charge in [-0.05, 0) is 12.1 Å². The van der Waals surface area contributed by atoms with E-state index in [1.165, 1.54) is 6.26 Å². The lowest BCUT2D eigenvalue weighted by molar-refractivity contribution is 0.188. The van der Waals surface area contributed by atoms with E-state index in [-0.39, 0.29) is 4.90 Å². The van der Waals surface area contributed by atoms with Gasteiger partial charge in [-0.1, -0.05) is 6.07 Å². The molecule has 0 aliphatic rings. The summed E-state index contributed by atoms with van der Waals surface area (Å²) in [5.74, 6) is 0.639. The molecule has 0 unspecified atom stereocenters. The van der Waals surface area contributed by atoms with E-state index in [9.17, 15) is 8.42 Å². The van der Waals surface area contributed by atoms with E-state index in [0.717, 1.165) is 11.2 Å². The van der Waals surface area contributed by atoms with Crippen molar-refractivity contribution in [1.29, 1.82) is 0 Å². The fourth-order valence-corrected chi connectivity index (χ4v) is 3.24. The van der Waals surface area contributed by atoms with Crippen LogP contribution in [-0.4, -0.2) is 47.9 Å². The van der Waals surface area contributed by atoms with E-state index >= 15 is 0 Å². The summed E-state index contributed by atoms with van der Waals surface area (Å²) in [4.78, 5) is 11.8. The van der Waals surface area contributed by atoms with Crippen LogP contribution in [0.1, 0.15) is 0 Å². The average molecular weight is 320 g/mol. The van der Waals surface area contributed by atoms with Gasteiger partial charge >= 0.3 is 0 Å². The Hall–Kier alpha value is -2.19. The molecule has 22 heavy (non-hydrogen) atoms. The zero-order chi connectivity index (χ0) is 15.7. The van der Waals surface area contributed by atoms with Crippen molar-refractivity contribution in [1.82, 2.24) is 19.5 Å². The molecule has 0 fully saturated rings. The minimum absolute atomic E-state index is 0.224. The summed E-state index contributed by atoms with van der Waals surface area (Å²) in [5.41, 5.74) is 1.95. The molecule has 0 amide bonds. The second kappa shape index (κ2) is 5.54. The van der Waals surface area contributed by atoms with Crippen molar-refractivity contribution in [3.63, 3.8) is 0 Å². The third-order valence-corrected chi connectivity index (χ3v) is 4.53. The Balaban J connectivity index is 2.30.